The van der Waals surface area contributed by atoms with Gasteiger partial charge in [-0.1, -0.05) is 6.92 Å². The van der Waals surface area contributed by atoms with Gasteiger partial charge in [-0.05, 0) is 37.8 Å². The first kappa shape index (κ1) is 17.3. The van der Waals surface area contributed by atoms with Crippen molar-refractivity contribution in [3.8, 4) is 0 Å². The Labute approximate surface area is 133 Å². The summed E-state index contributed by atoms with van der Waals surface area (Å²) in [5.41, 5.74) is 1.07. The lowest BCUT2D eigenvalue weighted by atomic mass is 9.95. The number of likely N-dealkylation sites (tertiary alicyclic amines) is 1. The number of nitrogens with one attached hydrogen (secondary N) is 1. The third-order valence-electron chi connectivity index (χ3n) is 3.98. The average molecular weight is 326 g/mol. The number of sulfonamides is 1. The molecule has 0 aromatic carbocycles. The predicted octanol–water partition coefficient (Wildman–Crippen LogP) is 1.19. The number of hydrogen-bond donors (Lipinski definition) is 1. The fourth-order valence-electron chi connectivity index (χ4n) is 2.91. The molecule has 22 heavy (non-hydrogen) atoms. The monoisotopic (exact) mass is 326 g/mol. The van der Waals surface area contributed by atoms with E-state index in [0.29, 0.717) is 12.5 Å². The minimum absolute atomic E-state index is 0.533. The van der Waals surface area contributed by atoms with Crippen LogP contribution < -0.4 is 4.72 Å². The van der Waals surface area contributed by atoms with E-state index in [1.807, 2.05) is 12.3 Å². The highest BCUT2D eigenvalue weighted by Gasteiger charge is 2.20. The quantitative estimate of drug-likeness (QED) is 0.814. The minimum Gasteiger partial charge on any atom is -0.297 e. The molecular weight excluding hydrogens is 300 g/mol. The highest BCUT2D eigenvalue weighted by atomic mass is 32.2. The first-order valence-electron chi connectivity index (χ1n) is 7.94. The lowest BCUT2D eigenvalue weighted by molar-refractivity contribution is 0.160. The number of rotatable bonds is 7. The van der Waals surface area contributed by atoms with Gasteiger partial charge in [0.15, 0.2) is 0 Å². The zero-order valence-electron chi connectivity index (χ0n) is 13.5. The van der Waals surface area contributed by atoms with Gasteiger partial charge in [0, 0.05) is 32.3 Å². The topological polar surface area (TPSA) is 75.2 Å². The van der Waals surface area contributed by atoms with Gasteiger partial charge in [-0.2, -0.15) is 0 Å². The molecule has 1 aliphatic heterocycles. The molecule has 1 aromatic rings. The summed E-state index contributed by atoms with van der Waals surface area (Å²) in [6.45, 7) is 5.54. The van der Waals surface area contributed by atoms with Gasteiger partial charge in [-0.25, -0.2) is 23.1 Å². The second-order valence-electron chi connectivity index (χ2n) is 6.02. The molecule has 0 amide bonds. The molecule has 1 atom stereocenters. The first-order chi connectivity index (χ1) is 10.5. The Morgan fingerprint density at radius 3 is 3.00 bits per heavy atom. The van der Waals surface area contributed by atoms with Crippen molar-refractivity contribution < 1.29 is 8.42 Å². The van der Waals surface area contributed by atoms with Gasteiger partial charge in [0.2, 0.25) is 10.0 Å². The van der Waals surface area contributed by atoms with Crippen molar-refractivity contribution in [3.63, 3.8) is 0 Å². The third kappa shape index (κ3) is 5.98. The lowest BCUT2D eigenvalue weighted by Crippen LogP contribution is -2.36. The van der Waals surface area contributed by atoms with E-state index in [2.05, 4.69) is 26.5 Å². The standard InChI is InChI=1S/C15H26N4O2S/c1-3-15-16-8-7-14(18-15)12-19-10-4-5-13(11-19)6-9-17-22(2,20)21/h7-8,13,17H,3-6,9-12H2,1-2H3/t13-/m0/s1. The summed E-state index contributed by atoms with van der Waals surface area (Å²) in [6, 6.07) is 1.98. The van der Waals surface area contributed by atoms with Crippen molar-refractivity contribution >= 4 is 10.0 Å². The van der Waals surface area contributed by atoms with Crippen LogP contribution >= 0.6 is 0 Å². The minimum atomic E-state index is -3.08. The van der Waals surface area contributed by atoms with Crippen LogP contribution in [0.5, 0.6) is 0 Å². The smallest absolute Gasteiger partial charge is 0.208 e. The van der Waals surface area contributed by atoms with Crippen LogP contribution in [-0.2, 0) is 23.0 Å². The SMILES string of the molecule is CCc1nccc(CN2CCC[C@@H](CCNS(C)(=O)=O)C2)n1. The molecular formula is C15H26N4O2S. The van der Waals surface area contributed by atoms with Crippen LogP contribution in [0.15, 0.2) is 12.3 Å². The van der Waals surface area contributed by atoms with Crippen LogP contribution in [0.25, 0.3) is 0 Å². The van der Waals surface area contributed by atoms with Gasteiger partial charge in [0.25, 0.3) is 0 Å². The van der Waals surface area contributed by atoms with E-state index in [4.69, 9.17) is 0 Å². The molecule has 2 rings (SSSR count). The van der Waals surface area contributed by atoms with Crippen molar-refractivity contribution in [1.82, 2.24) is 19.6 Å². The fourth-order valence-corrected chi connectivity index (χ4v) is 3.40. The summed E-state index contributed by atoms with van der Waals surface area (Å²) in [6.07, 6.45) is 7.13. The number of aromatic nitrogens is 2. The van der Waals surface area contributed by atoms with Gasteiger partial charge >= 0.3 is 0 Å². The zero-order valence-corrected chi connectivity index (χ0v) is 14.3. The largest absolute Gasteiger partial charge is 0.297 e. The van der Waals surface area contributed by atoms with Gasteiger partial charge < -0.3 is 0 Å². The molecule has 124 valence electrons. The molecule has 2 heterocycles. The summed E-state index contributed by atoms with van der Waals surface area (Å²) in [7, 11) is -3.08. The van der Waals surface area contributed by atoms with Crippen LogP contribution in [0, 0.1) is 5.92 Å². The maximum Gasteiger partial charge on any atom is 0.208 e. The molecule has 0 radical (unpaired) electrons. The van der Waals surface area contributed by atoms with E-state index >= 15 is 0 Å². The Hall–Kier alpha value is -1.05. The van der Waals surface area contributed by atoms with Gasteiger partial charge in [-0.3, -0.25) is 4.90 Å². The number of hydrogen-bond acceptors (Lipinski definition) is 5. The predicted molar refractivity (Wildman–Crippen MR) is 86.9 cm³/mol. The Morgan fingerprint density at radius 2 is 2.27 bits per heavy atom. The van der Waals surface area contributed by atoms with Gasteiger partial charge in [-0.15, -0.1) is 0 Å². The van der Waals surface area contributed by atoms with Crippen LogP contribution in [0.1, 0.15) is 37.7 Å². The zero-order chi connectivity index (χ0) is 16.0. The molecule has 7 heteroatoms. The highest BCUT2D eigenvalue weighted by molar-refractivity contribution is 7.88. The fraction of sp³-hybridized carbons (Fsp3) is 0.733. The maximum atomic E-state index is 11.1. The van der Waals surface area contributed by atoms with Crippen molar-refractivity contribution in [3.05, 3.63) is 23.8 Å². The number of nitrogens with zero attached hydrogens (tertiary/aromatic N) is 3. The third-order valence-corrected chi connectivity index (χ3v) is 4.71. The summed E-state index contributed by atoms with van der Waals surface area (Å²) in [4.78, 5) is 11.2. The molecule has 0 unspecified atom stereocenters. The summed E-state index contributed by atoms with van der Waals surface area (Å²) in [5.74, 6) is 1.44. The lowest BCUT2D eigenvalue weighted by Gasteiger charge is -2.32. The Balaban J connectivity index is 1.82. The summed E-state index contributed by atoms with van der Waals surface area (Å²) < 4.78 is 24.8. The van der Waals surface area contributed by atoms with Crippen molar-refractivity contribution in [1.29, 1.82) is 0 Å². The Morgan fingerprint density at radius 1 is 1.45 bits per heavy atom. The second kappa shape index (κ2) is 7.99. The van der Waals surface area contributed by atoms with Crippen LogP contribution in [0.2, 0.25) is 0 Å². The average Bonchev–Trinajstić information content (AvgIpc) is 2.46. The number of aryl methyl sites for hydroxylation is 1. The van der Waals surface area contributed by atoms with Crippen LogP contribution in [-0.4, -0.2) is 49.2 Å². The van der Waals surface area contributed by atoms with Gasteiger partial charge in [0.1, 0.15) is 5.82 Å². The molecule has 0 saturated carbocycles. The normalized spacial score (nSPS) is 20.2. The molecule has 1 aliphatic rings. The molecule has 1 aromatic heterocycles. The maximum absolute atomic E-state index is 11.1. The van der Waals surface area contributed by atoms with Crippen LogP contribution in [0.4, 0.5) is 0 Å². The summed E-state index contributed by atoms with van der Waals surface area (Å²) in [5, 5.41) is 0. The Bertz CT molecular complexity index is 577. The molecule has 1 saturated heterocycles. The van der Waals surface area contributed by atoms with Crippen molar-refractivity contribution in [2.45, 2.75) is 39.2 Å². The first-order valence-corrected chi connectivity index (χ1v) is 9.83. The number of piperidine rings is 1. The highest BCUT2D eigenvalue weighted by Crippen LogP contribution is 2.20. The van der Waals surface area contributed by atoms with E-state index in [9.17, 15) is 8.42 Å². The molecule has 0 spiro atoms. The Kier molecular flexibility index (Phi) is 6.28. The van der Waals surface area contributed by atoms with Crippen molar-refractivity contribution in [2.75, 3.05) is 25.9 Å². The molecule has 1 N–H and O–H groups in total. The second-order valence-corrected chi connectivity index (χ2v) is 7.85. The summed E-state index contributed by atoms with van der Waals surface area (Å²) >= 11 is 0. The van der Waals surface area contributed by atoms with E-state index in [1.54, 1.807) is 0 Å². The van der Waals surface area contributed by atoms with E-state index < -0.39 is 10.0 Å². The molecule has 1 fully saturated rings. The van der Waals surface area contributed by atoms with Gasteiger partial charge in [0.05, 0.1) is 11.9 Å². The van der Waals surface area contributed by atoms with Crippen molar-refractivity contribution in [2.24, 2.45) is 5.92 Å². The van der Waals surface area contributed by atoms with E-state index in [-0.39, 0.29) is 0 Å². The molecule has 6 nitrogen and oxygen atoms in total. The van der Waals surface area contributed by atoms with Crippen LogP contribution in [0.3, 0.4) is 0 Å². The van der Waals surface area contributed by atoms with E-state index in [0.717, 1.165) is 50.4 Å². The van der Waals surface area contributed by atoms with E-state index in [1.165, 1.54) is 12.7 Å². The molecule has 0 aliphatic carbocycles. The molecule has 0 bridgehead atoms.